The second kappa shape index (κ2) is 7.96. The summed E-state index contributed by atoms with van der Waals surface area (Å²) in [5, 5.41) is 10.0. The van der Waals surface area contributed by atoms with E-state index in [9.17, 15) is 9.90 Å². The average molecular weight is 349 g/mol. The van der Waals surface area contributed by atoms with Crippen LogP contribution in [0.5, 0.6) is 0 Å². The molecule has 1 N–H and O–H groups in total. The molecular formula is C21H36N2O2. The maximum absolute atomic E-state index is 13.4. The molecule has 4 rings (SSSR count). The van der Waals surface area contributed by atoms with Crippen molar-refractivity contribution in [3.8, 4) is 0 Å². The fourth-order valence-corrected chi connectivity index (χ4v) is 6.17. The molecule has 0 aromatic rings. The van der Waals surface area contributed by atoms with Crippen molar-refractivity contribution < 1.29 is 9.90 Å². The third-order valence-electron chi connectivity index (χ3n) is 7.40. The van der Waals surface area contributed by atoms with Gasteiger partial charge in [0.25, 0.3) is 0 Å². The Labute approximate surface area is 152 Å². The van der Waals surface area contributed by atoms with Gasteiger partial charge >= 0.3 is 0 Å². The normalized spacial score (nSPS) is 35.0. The predicted molar refractivity (Wildman–Crippen MR) is 99.3 cm³/mol. The van der Waals surface area contributed by atoms with Crippen molar-refractivity contribution in [2.45, 2.75) is 120 Å². The SMILES string of the molecule is O=C(CN1[C@H]2CC[C@H]1CC(O)C2)N(C1CCCCC1)C1CCCCC1. The minimum Gasteiger partial charge on any atom is -0.393 e. The molecule has 2 heterocycles. The molecule has 0 unspecified atom stereocenters. The van der Waals surface area contributed by atoms with Crippen LogP contribution in [0.3, 0.4) is 0 Å². The molecule has 142 valence electrons. The van der Waals surface area contributed by atoms with Gasteiger partial charge in [-0.3, -0.25) is 9.69 Å². The molecule has 2 bridgehead atoms. The molecule has 1 amide bonds. The Balaban J connectivity index is 1.45. The largest absolute Gasteiger partial charge is 0.393 e. The number of rotatable bonds is 4. The molecule has 0 aromatic carbocycles. The lowest BCUT2D eigenvalue weighted by molar-refractivity contribution is -0.141. The van der Waals surface area contributed by atoms with E-state index in [1.54, 1.807) is 0 Å². The molecule has 2 aliphatic heterocycles. The average Bonchev–Trinajstić information content (AvgIpc) is 2.87. The monoisotopic (exact) mass is 348 g/mol. The summed E-state index contributed by atoms with van der Waals surface area (Å²) in [7, 11) is 0. The molecule has 2 saturated heterocycles. The third kappa shape index (κ3) is 3.90. The lowest BCUT2D eigenvalue weighted by Gasteiger charge is -2.44. The van der Waals surface area contributed by atoms with Gasteiger partial charge in [0.1, 0.15) is 0 Å². The van der Waals surface area contributed by atoms with Gasteiger partial charge < -0.3 is 10.0 Å². The van der Waals surface area contributed by atoms with Crippen LogP contribution in [0, 0.1) is 0 Å². The molecule has 0 radical (unpaired) electrons. The van der Waals surface area contributed by atoms with Gasteiger partial charge in [0.2, 0.25) is 5.91 Å². The second-order valence-electron chi connectivity index (χ2n) is 9.07. The smallest absolute Gasteiger partial charge is 0.237 e. The lowest BCUT2D eigenvalue weighted by atomic mass is 9.88. The molecule has 4 fully saturated rings. The molecule has 0 spiro atoms. The number of amides is 1. The Morgan fingerprint density at radius 1 is 0.800 bits per heavy atom. The van der Waals surface area contributed by atoms with Crippen LogP contribution in [0.25, 0.3) is 0 Å². The van der Waals surface area contributed by atoms with Gasteiger partial charge in [-0.15, -0.1) is 0 Å². The minimum absolute atomic E-state index is 0.142. The summed E-state index contributed by atoms with van der Waals surface area (Å²) in [6, 6.07) is 1.88. The Morgan fingerprint density at radius 2 is 1.28 bits per heavy atom. The standard InChI is InChI=1S/C21H36N2O2/c24-20-13-18-11-12-19(14-20)22(18)15-21(25)23(16-7-3-1-4-8-16)17-9-5-2-6-10-17/h16-20,24H,1-15H2/t18-,19-/m0/s1. The molecule has 0 aromatic heterocycles. The van der Waals surface area contributed by atoms with Crippen molar-refractivity contribution in [2.24, 2.45) is 0 Å². The molecule has 4 nitrogen and oxygen atoms in total. The van der Waals surface area contributed by atoms with E-state index in [-0.39, 0.29) is 6.10 Å². The Kier molecular flexibility index (Phi) is 5.66. The van der Waals surface area contributed by atoms with Crippen molar-refractivity contribution in [2.75, 3.05) is 6.54 Å². The zero-order valence-corrected chi connectivity index (χ0v) is 15.7. The van der Waals surface area contributed by atoms with E-state index in [1.807, 2.05) is 0 Å². The summed E-state index contributed by atoms with van der Waals surface area (Å²) in [5.41, 5.74) is 0. The number of carbonyl (C=O) groups excluding carboxylic acids is 1. The van der Waals surface area contributed by atoms with Crippen LogP contribution in [0.15, 0.2) is 0 Å². The highest BCUT2D eigenvalue weighted by molar-refractivity contribution is 5.79. The minimum atomic E-state index is -0.142. The van der Waals surface area contributed by atoms with Crippen molar-refractivity contribution in [3.63, 3.8) is 0 Å². The maximum Gasteiger partial charge on any atom is 0.237 e. The van der Waals surface area contributed by atoms with E-state index < -0.39 is 0 Å². The van der Waals surface area contributed by atoms with Gasteiger partial charge in [-0.25, -0.2) is 0 Å². The van der Waals surface area contributed by atoms with Crippen LogP contribution in [-0.4, -0.2) is 57.6 Å². The van der Waals surface area contributed by atoms with Crippen LogP contribution in [-0.2, 0) is 4.79 Å². The lowest BCUT2D eigenvalue weighted by Crippen LogP contribution is -2.55. The molecule has 25 heavy (non-hydrogen) atoms. The number of nitrogens with zero attached hydrogens (tertiary/aromatic N) is 2. The summed E-state index contributed by atoms with van der Waals surface area (Å²) >= 11 is 0. The van der Waals surface area contributed by atoms with Crippen LogP contribution in [0.2, 0.25) is 0 Å². The number of aliphatic hydroxyl groups excluding tert-OH is 1. The van der Waals surface area contributed by atoms with Crippen LogP contribution < -0.4 is 0 Å². The van der Waals surface area contributed by atoms with Crippen LogP contribution in [0.1, 0.15) is 89.9 Å². The maximum atomic E-state index is 13.4. The first-order valence-electron chi connectivity index (χ1n) is 11.0. The predicted octanol–water partition coefficient (Wildman–Crippen LogP) is 3.47. The van der Waals surface area contributed by atoms with Gasteiger partial charge in [-0.05, 0) is 51.4 Å². The summed E-state index contributed by atoms with van der Waals surface area (Å²) < 4.78 is 0. The fraction of sp³-hybridized carbons (Fsp3) is 0.952. The first kappa shape index (κ1) is 17.8. The molecule has 2 aliphatic carbocycles. The number of piperidine rings is 1. The third-order valence-corrected chi connectivity index (χ3v) is 7.40. The first-order valence-corrected chi connectivity index (χ1v) is 11.0. The molecular weight excluding hydrogens is 312 g/mol. The summed E-state index contributed by atoms with van der Waals surface area (Å²) in [5.74, 6) is 0.395. The van der Waals surface area contributed by atoms with Crippen molar-refractivity contribution in [3.05, 3.63) is 0 Å². The molecule has 2 saturated carbocycles. The Bertz CT molecular complexity index is 425. The number of carbonyl (C=O) groups is 1. The van der Waals surface area contributed by atoms with Gasteiger partial charge in [-0.1, -0.05) is 38.5 Å². The van der Waals surface area contributed by atoms with Crippen molar-refractivity contribution in [1.82, 2.24) is 9.80 Å². The van der Waals surface area contributed by atoms with E-state index in [4.69, 9.17) is 0 Å². The summed E-state index contributed by atoms with van der Waals surface area (Å²) in [4.78, 5) is 18.2. The van der Waals surface area contributed by atoms with Gasteiger partial charge in [-0.2, -0.15) is 0 Å². The number of hydrogen-bond acceptors (Lipinski definition) is 3. The fourth-order valence-electron chi connectivity index (χ4n) is 6.17. The van der Waals surface area contributed by atoms with E-state index >= 15 is 0 Å². The van der Waals surface area contributed by atoms with Crippen LogP contribution in [0.4, 0.5) is 0 Å². The van der Waals surface area contributed by atoms with Gasteiger partial charge in [0.05, 0.1) is 12.6 Å². The Hall–Kier alpha value is -0.610. The van der Waals surface area contributed by atoms with Crippen LogP contribution >= 0.6 is 0 Å². The summed E-state index contributed by atoms with van der Waals surface area (Å²) in [6.45, 7) is 0.606. The summed E-state index contributed by atoms with van der Waals surface area (Å²) in [6.07, 6.45) is 16.7. The zero-order chi connectivity index (χ0) is 17.2. The molecule has 4 aliphatic rings. The highest BCUT2D eigenvalue weighted by atomic mass is 16.3. The number of hydrogen-bond donors (Lipinski definition) is 1. The Morgan fingerprint density at radius 3 is 1.76 bits per heavy atom. The topological polar surface area (TPSA) is 43.8 Å². The van der Waals surface area contributed by atoms with Crippen molar-refractivity contribution >= 4 is 5.91 Å². The molecule has 4 heteroatoms. The van der Waals surface area contributed by atoms with E-state index in [2.05, 4.69) is 9.80 Å². The highest BCUT2D eigenvalue weighted by Gasteiger charge is 2.42. The first-order chi connectivity index (χ1) is 12.2. The quantitative estimate of drug-likeness (QED) is 0.846. The second-order valence-corrected chi connectivity index (χ2v) is 9.07. The van der Waals surface area contributed by atoms with E-state index in [1.165, 1.54) is 77.0 Å². The molecule has 2 atom stereocenters. The zero-order valence-electron chi connectivity index (χ0n) is 15.7. The number of fused-ring (bicyclic) bond motifs is 2. The van der Waals surface area contributed by atoms with Gasteiger partial charge in [0.15, 0.2) is 0 Å². The van der Waals surface area contributed by atoms with Gasteiger partial charge in [0, 0.05) is 24.2 Å². The highest BCUT2D eigenvalue weighted by Crippen LogP contribution is 2.36. The number of aliphatic hydroxyl groups is 1. The van der Waals surface area contributed by atoms with E-state index in [0.29, 0.717) is 36.6 Å². The van der Waals surface area contributed by atoms with Crippen molar-refractivity contribution in [1.29, 1.82) is 0 Å². The van der Waals surface area contributed by atoms with E-state index in [0.717, 1.165) is 12.8 Å².